The van der Waals surface area contributed by atoms with Crippen molar-refractivity contribution in [2.24, 2.45) is 5.73 Å². The van der Waals surface area contributed by atoms with Gasteiger partial charge in [0.1, 0.15) is 0 Å². The van der Waals surface area contributed by atoms with Crippen LogP contribution in [0.15, 0.2) is 52.2 Å². The summed E-state index contributed by atoms with van der Waals surface area (Å²) in [6.07, 6.45) is 1.88. The molecule has 1 aliphatic rings. The molecule has 3 aromatic rings. The van der Waals surface area contributed by atoms with E-state index in [0.29, 0.717) is 22.3 Å². The van der Waals surface area contributed by atoms with E-state index in [0.717, 1.165) is 65.9 Å². The molecule has 0 spiro atoms. The lowest BCUT2D eigenvalue weighted by Gasteiger charge is -2.32. The van der Waals surface area contributed by atoms with Crippen LogP contribution >= 0.6 is 71.1 Å². The van der Waals surface area contributed by atoms with E-state index in [1.165, 1.54) is 11.8 Å². The summed E-state index contributed by atoms with van der Waals surface area (Å²) in [6.45, 7) is 4.03. The van der Waals surface area contributed by atoms with E-state index < -0.39 is 0 Å². The SMILES string of the molecule is Cl.Cl.NCCNc1cccc(-c2csc(SCC(=O)NC3CCN(Cc4ccc(Cl)c(Cl)c4)CC3)n2)c1. The number of hydrogen-bond acceptors (Lipinski definition) is 7. The molecule has 37 heavy (non-hydrogen) atoms. The molecule has 2 aromatic carbocycles. The van der Waals surface area contributed by atoms with Crippen molar-refractivity contribution in [2.75, 3.05) is 37.2 Å². The molecule has 0 atom stereocenters. The predicted octanol–water partition coefficient (Wildman–Crippen LogP) is 6.20. The van der Waals surface area contributed by atoms with Gasteiger partial charge < -0.3 is 16.4 Å². The first kappa shape index (κ1) is 32.0. The molecule has 1 aliphatic heterocycles. The molecule has 1 fully saturated rings. The number of halogens is 4. The average Bonchev–Trinajstić information content (AvgIpc) is 3.34. The molecule has 0 bridgehead atoms. The maximum atomic E-state index is 12.5. The lowest BCUT2D eigenvalue weighted by Crippen LogP contribution is -2.44. The molecule has 0 saturated carbocycles. The summed E-state index contributed by atoms with van der Waals surface area (Å²) in [4.78, 5) is 19.6. The number of nitrogens with one attached hydrogen (secondary N) is 2. The van der Waals surface area contributed by atoms with Gasteiger partial charge in [0, 0.05) is 55.4 Å². The first-order chi connectivity index (χ1) is 17.0. The number of carbonyl (C=O) groups is 1. The van der Waals surface area contributed by atoms with Crippen molar-refractivity contribution in [3.63, 3.8) is 0 Å². The van der Waals surface area contributed by atoms with Gasteiger partial charge in [0.15, 0.2) is 4.34 Å². The van der Waals surface area contributed by atoms with Crippen LogP contribution in [0, 0.1) is 0 Å². The van der Waals surface area contributed by atoms with Gasteiger partial charge in [-0.1, -0.05) is 53.2 Å². The fraction of sp³-hybridized carbons (Fsp3) is 0.360. The lowest BCUT2D eigenvalue weighted by atomic mass is 10.0. The molecule has 1 saturated heterocycles. The highest BCUT2D eigenvalue weighted by Gasteiger charge is 2.21. The second kappa shape index (κ2) is 16.0. The number of thiazole rings is 1. The van der Waals surface area contributed by atoms with Crippen LogP contribution in [0.5, 0.6) is 0 Å². The number of carbonyl (C=O) groups excluding carboxylic acids is 1. The minimum atomic E-state index is 0. The van der Waals surface area contributed by atoms with Gasteiger partial charge >= 0.3 is 0 Å². The molecule has 4 rings (SSSR count). The topological polar surface area (TPSA) is 83.3 Å². The number of rotatable bonds is 10. The number of amides is 1. The lowest BCUT2D eigenvalue weighted by molar-refractivity contribution is -0.119. The highest BCUT2D eigenvalue weighted by molar-refractivity contribution is 8.01. The minimum Gasteiger partial charge on any atom is -0.384 e. The third-order valence-electron chi connectivity index (χ3n) is 5.78. The molecule has 202 valence electrons. The summed E-state index contributed by atoms with van der Waals surface area (Å²) in [6, 6.07) is 14.1. The maximum Gasteiger partial charge on any atom is 0.230 e. The summed E-state index contributed by atoms with van der Waals surface area (Å²) in [5, 5.41) is 9.68. The summed E-state index contributed by atoms with van der Waals surface area (Å²) in [5.74, 6) is 0.428. The quantitative estimate of drug-likeness (QED) is 0.233. The fourth-order valence-corrected chi connectivity index (χ4v) is 5.96. The van der Waals surface area contributed by atoms with E-state index >= 15 is 0 Å². The molecule has 0 unspecified atom stereocenters. The molecular formula is C25H31Cl4N5OS2. The van der Waals surface area contributed by atoms with E-state index in [-0.39, 0.29) is 36.8 Å². The summed E-state index contributed by atoms with van der Waals surface area (Å²) in [7, 11) is 0. The number of nitrogens with zero attached hydrogens (tertiary/aromatic N) is 2. The van der Waals surface area contributed by atoms with E-state index in [1.54, 1.807) is 11.3 Å². The Hall–Kier alpha value is -1.23. The largest absolute Gasteiger partial charge is 0.384 e. The number of aromatic nitrogens is 1. The predicted molar refractivity (Wildman–Crippen MR) is 163 cm³/mol. The van der Waals surface area contributed by atoms with Crippen LogP contribution in [0.2, 0.25) is 10.0 Å². The molecule has 1 amide bonds. The zero-order valence-corrected chi connectivity index (χ0v) is 24.9. The number of piperidine rings is 1. The third kappa shape index (κ3) is 9.79. The number of thioether (sulfide) groups is 1. The second-order valence-corrected chi connectivity index (χ2v) is 11.3. The van der Waals surface area contributed by atoms with Crippen LogP contribution in [0.1, 0.15) is 18.4 Å². The van der Waals surface area contributed by atoms with Gasteiger partial charge in [0.05, 0.1) is 21.5 Å². The molecule has 12 heteroatoms. The second-order valence-electron chi connectivity index (χ2n) is 8.45. The molecule has 0 aliphatic carbocycles. The van der Waals surface area contributed by atoms with Gasteiger partial charge in [0.25, 0.3) is 0 Å². The average molecular weight is 624 g/mol. The van der Waals surface area contributed by atoms with Crippen LogP contribution in [0.3, 0.4) is 0 Å². The van der Waals surface area contributed by atoms with Gasteiger partial charge in [-0.15, -0.1) is 36.2 Å². The Morgan fingerprint density at radius 2 is 1.92 bits per heavy atom. The molecule has 6 nitrogen and oxygen atoms in total. The number of benzene rings is 2. The van der Waals surface area contributed by atoms with Gasteiger partial charge in [-0.2, -0.15) is 0 Å². The number of likely N-dealkylation sites (tertiary alicyclic amines) is 1. The molecule has 4 N–H and O–H groups in total. The fourth-order valence-electron chi connectivity index (χ4n) is 3.99. The zero-order chi connectivity index (χ0) is 24.6. The Kier molecular flexibility index (Phi) is 13.8. The van der Waals surface area contributed by atoms with Crippen molar-refractivity contribution in [3.05, 3.63) is 63.5 Å². The van der Waals surface area contributed by atoms with Gasteiger partial charge in [-0.05, 0) is 42.7 Å². The van der Waals surface area contributed by atoms with E-state index in [4.69, 9.17) is 33.9 Å². The van der Waals surface area contributed by atoms with Crippen LogP contribution in [0.25, 0.3) is 11.3 Å². The van der Waals surface area contributed by atoms with Crippen molar-refractivity contribution in [1.29, 1.82) is 0 Å². The molecular weight excluding hydrogens is 592 g/mol. The molecule has 0 radical (unpaired) electrons. The highest BCUT2D eigenvalue weighted by Crippen LogP contribution is 2.29. The van der Waals surface area contributed by atoms with Crippen molar-refractivity contribution < 1.29 is 4.79 Å². The van der Waals surface area contributed by atoms with Gasteiger partial charge in [0.2, 0.25) is 5.91 Å². The smallest absolute Gasteiger partial charge is 0.230 e. The highest BCUT2D eigenvalue weighted by atomic mass is 35.5. The monoisotopic (exact) mass is 621 g/mol. The first-order valence-corrected chi connectivity index (χ1v) is 14.2. The van der Waals surface area contributed by atoms with Crippen LogP contribution in [0.4, 0.5) is 5.69 Å². The third-order valence-corrected chi connectivity index (χ3v) is 8.54. The molecule has 2 heterocycles. The Labute approximate surface area is 248 Å². The number of nitrogens with two attached hydrogens (primary N) is 1. The van der Waals surface area contributed by atoms with Crippen molar-refractivity contribution in [3.8, 4) is 11.3 Å². The minimum absolute atomic E-state index is 0. The van der Waals surface area contributed by atoms with Crippen LogP contribution in [-0.4, -0.2) is 53.8 Å². The Balaban J connectivity index is 0.00000241. The number of hydrogen-bond donors (Lipinski definition) is 3. The van der Waals surface area contributed by atoms with E-state index in [1.807, 2.05) is 41.8 Å². The van der Waals surface area contributed by atoms with Crippen molar-refractivity contribution in [2.45, 2.75) is 29.8 Å². The van der Waals surface area contributed by atoms with Gasteiger partial charge in [-0.25, -0.2) is 4.98 Å². The van der Waals surface area contributed by atoms with E-state index in [2.05, 4.69) is 21.6 Å². The van der Waals surface area contributed by atoms with Gasteiger partial charge in [-0.3, -0.25) is 9.69 Å². The standard InChI is InChI=1S/C25H29Cl2N5OS2.2ClH/c26-21-5-4-17(12-22(21)27)14-32-10-6-19(7-11-32)30-24(33)16-35-25-31-23(15-34-25)18-2-1-3-20(13-18)29-9-8-28;;/h1-5,12-13,15,19,29H,6-11,14,16,28H2,(H,30,33);2*1H. The van der Waals surface area contributed by atoms with E-state index in [9.17, 15) is 4.79 Å². The van der Waals surface area contributed by atoms with Crippen LogP contribution in [-0.2, 0) is 11.3 Å². The van der Waals surface area contributed by atoms with Crippen molar-refractivity contribution in [1.82, 2.24) is 15.2 Å². The number of anilines is 1. The zero-order valence-electron chi connectivity index (χ0n) is 20.1. The Bertz CT molecular complexity index is 1140. The summed E-state index contributed by atoms with van der Waals surface area (Å²) >= 11 is 15.2. The normalized spacial score (nSPS) is 13.9. The maximum absolute atomic E-state index is 12.5. The first-order valence-electron chi connectivity index (χ1n) is 11.6. The summed E-state index contributed by atoms with van der Waals surface area (Å²) < 4.78 is 0.895. The van der Waals surface area contributed by atoms with Crippen LogP contribution < -0.4 is 16.4 Å². The van der Waals surface area contributed by atoms with Crippen molar-refractivity contribution >= 4 is 82.7 Å². The molecule has 1 aromatic heterocycles. The Morgan fingerprint density at radius 1 is 1.14 bits per heavy atom. The summed E-state index contributed by atoms with van der Waals surface area (Å²) in [5.41, 5.74) is 9.72. The Morgan fingerprint density at radius 3 is 2.65 bits per heavy atom.